The molecule has 2 aromatic heterocycles. The van der Waals surface area contributed by atoms with Gasteiger partial charge in [-0.1, -0.05) is 0 Å². The molecule has 1 aliphatic heterocycles. The van der Waals surface area contributed by atoms with E-state index in [0.29, 0.717) is 18.5 Å². The second kappa shape index (κ2) is 7.79. The molecule has 0 bridgehead atoms. The Balaban J connectivity index is 1.52. The summed E-state index contributed by atoms with van der Waals surface area (Å²) in [5, 5.41) is 2.06. The van der Waals surface area contributed by atoms with E-state index in [9.17, 15) is 17.6 Å². The lowest BCUT2D eigenvalue weighted by atomic mass is 10.1. The number of amides is 1. The number of sulfone groups is 1. The highest BCUT2D eigenvalue weighted by Gasteiger charge is 2.30. The summed E-state index contributed by atoms with van der Waals surface area (Å²) in [6.07, 6.45) is 7.34. The Morgan fingerprint density at radius 3 is 2.76 bits per heavy atom. The van der Waals surface area contributed by atoms with Gasteiger partial charge in [0.2, 0.25) is 5.91 Å². The number of halogens is 1. The number of H-pyrrole nitrogens is 1. The van der Waals surface area contributed by atoms with Crippen LogP contribution >= 0.6 is 0 Å². The van der Waals surface area contributed by atoms with E-state index in [1.54, 1.807) is 35.6 Å². The monoisotopic (exact) mass is 413 g/mol. The number of fused-ring (bicyclic) bond motifs is 1. The summed E-state index contributed by atoms with van der Waals surface area (Å²) < 4.78 is 37.1. The van der Waals surface area contributed by atoms with Gasteiger partial charge in [0.1, 0.15) is 5.82 Å². The number of rotatable bonds is 6. The summed E-state index contributed by atoms with van der Waals surface area (Å²) in [5.74, 6) is -0.555. The molecule has 1 amide bonds. The minimum absolute atomic E-state index is 0.101. The molecule has 3 heterocycles. The van der Waals surface area contributed by atoms with E-state index >= 15 is 0 Å². The highest BCUT2D eigenvalue weighted by Crippen LogP contribution is 2.23. The van der Waals surface area contributed by atoms with Gasteiger partial charge >= 0.3 is 0 Å². The van der Waals surface area contributed by atoms with Crippen molar-refractivity contribution in [1.29, 1.82) is 0 Å². The Morgan fingerprint density at radius 2 is 2.03 bits per heavy atom. The molecule has 1 aromatic carbocycles. The second-order valence-corrected chi connectivity index (χ2v) is 9.04. The topological polar surface area (TPSA) is 83.1 Å². The third kappa shape index (κ3) is 4.37. The van der Waals surface area contributed by atoms with Gasteiger partial charge in [0.15, 0.2) is 9.84 Å². The van der Waals surface area contributed by atoms with Crippen molar-refractivity contribution in [2.75, 3.05) is 5.75 Å². The van der Waals surface area contributed by atoms with Crippen molar-refractivity contribution in [3.05, 3.63) is 77.4 Å². The molecular weight excluding hydrogens is 393 g/mol. The lowest BCUT2D eigenvalue weighted by Crippen LogP contribution is -2.40. The molecule has 4 rings (SSSR count). The van der Waals surface area contributed by atoms with E-state index in [4.69, 9.17) is 0 Å². The lowest BCUT2D eigenvalue weighted by molar-refractivity contribution is -0.132. The smallest absolute Gasteiger partial charge is 0.223 e. The van der Waals surface area contributed by atoms with Crippen LogP contribution in [-0.2, 0) is 27.6 Å². The van der Waals surface area contributed by atoms with Crippen LogP contribution in [0.3, 0.4) is 0 Å². The first-order valence-corrected chi connectivity index (χ1v) is 11.0. The van der Waals surface area contributed by atoms with Crippen LogP contribution in [0.1, 0.15) is 17.5 Å². The van der Waals surface area contributed by atoms with Gasteiger partial charge in [0.05, 0.1) is 11.8 Å². The zero-order valence-electron chi connectivity index (χ0n) is 15.6. The molecule has 1 atom stereocenters. The van der Waals surface area contributed by atoms with Crippen LogP contribution in [0.5, 0.6) is 0 Å². The number of carbonyl (C=O) groups excluding carboxylic acids is 1. The number of aryl methyl sites for hydroxylation is 1. The van der Waals surface area contributed by atoms with Gasteiger partial charge in [-0.25, -0.2) is 12.8 Å². The minimum Gasteiger partial charge on any atom is -0.361 e. The number of hydrogen-bond acceptors (Lipinski definition) is 4. The standard InChI is InChI=1S/C21H20FN3O3S/c22-17-2-3-19-16(12-24-20(19)11-17)1-4-21(26)25(13-15-5-8-23-9-6-15)18-7-10-29(27,28)14-18/h2-3,5-12,18,24H,1,4,13-14H2. The summed E-state index contributed by atoms with van der Waals surface area (Å²) in [7, 11) is -3.28. The van der Waals surface area contributed by atoms with Crippen molar-refractivity contribution < 1.29 is 17.6 Å². The number of nitrogens with one attached hydrogen (secondary N) is 1. The number of aromatic nitrogens is 2. The molecule has 0 aliphatic carbocycles. The van der Waals surface area contributed by atoms with Gasteiger partial charge < -0.3 is 9.88 Å². The third-order valence-electron chi connectivity index (χ3n) is 5.07. The maximum absolute atomic E-state index is 13.4. The van der Waals surface area contributed by atoms with Gasteiger partial charge in [-0.3, -0.25) is 9.78 Å². The van der Waals surface area contributed by atoms with Crippen molar-refractivity contribution in [2.24, 2.45) is 0 Å². The van der Waals surface area contributed by atoms with Crippen molar-refractivity contribution in [3.63, 3.8) is 0 Å². The first-order valence-electron chi connectivity index (χ1n) is 9.26. The van der Waals surface area contributed by atoms with E-state index < -0.39 is 15.9 Å². The van der Waals surface area contributed by atoms with Crippen molar-refractivity contribution in [3.8, 4) is 0 Å². The van der Waals surface area contributed by atoms with E-state index in [1.807, 2.05) is 12.1 Å². The van der Waals surface area contributed by atoms with E-state index in [-0.39, 0.29) is 23.9 Å². The molecule has 0 fully saturated rings. The van der Waals surface area contributed by atoms with Gasteiger partial charge in [-0.05, 0) is 54.0 Å². The molecule has 6 nitrogen and oxygen atoms in total. The predicted molar refractivity (Wildman–Crippen MR) is 108 cm³/mol. The van der Waals surface area contributed by atoms with Crippen LogP contribution in [0, 0.1) is 5.82 Å². The van der Waals surface area contributed by atoms with Gasteiger partial charge in [0.25, 0.3) is 0 Å². The average molecular weight is 413 g/mol. The van der Waals surface area contributed by atoms with Gasteiger partial charge in [0, 0.05) is 47.9 Å². The fourth-order valence-corrected chi connectivity index (χ4v) is 4.88. The van der Waals surface area contributed by atoms with Crippen molar-refractivity contribution in [2.45, 2.75) is 25.4 Å². The summed E-state index contributed by atoms with van der Waals surface area (Å²) in [5.41, 5.74) is 2.49. The first kappa shape index (κ1) is 19.3. The summed E-state index contributed by atoms with van der Waals surface area (Å²) in [4.78, 5) is 21.6. The molecule has 1 unspecified atom stereocenters. The van der Waals surface area contributed by atoms with Crippen molar-refractivity contribution >= 4 is 26.6 Å². The molecule has 150 valence electrons. The average Bonchev–Trinajstić information content (AvgIpc) is 3.27. The number of benzene rings is 1. The molecule has 3 aromatic rings. The van der Waals surface area contributed by atoms with Crippen LogP contribution in [0.25, 0.3) is 10.9 Å². The summed E-state index contributed by atoms with van der Waals surface area (Å²) >= 11 is 0. The summed E-state index contributed by atoms with van der Waals surface area (Å²) in [6.45, 7) is 0.310. The number of nitrogens with zero attached hydrogens (tertiary/aromatic N) is 2. The molecule has 0 saturated carbocycles. The molecule has 29 heavy (non-hydrogen) atoms. The molecule has 0 spiro atoms. The number of aromatic amines is 1. The highest BCUT2D eigenvalue weighted by atomic mass is 32.2. The SMILES string of the molecule is O=C(CCc1c[nH]c2cc(F)ccc12)N(Cc1ccncc1)C1C=CS(=O)(=O)C1. The first-order chi connectivity index (χ1) is 13.9. The normalized spacial score (nSPS) is 17.6. The fourth-order valence-electron chi connectivity index (χ4n) is 3.58. The molecular formula is C21H20FN3O3S. The maximum atomic E-state index is 13.4. The van der Waals surface area contributed by atoms with Crippen LogP contribution < -0.4 is 0 Å². The molecule has 0 saturated heterocycles. The molecule has 8 heteroatoms. The van der Waals surface area contributed by atoms with Crippen molar-refractivity contribution in [1.82, 2.24) is 14.9 Å². The Labute approximate surface area is 168 Å². The van der Waals surface area contributed by atoms with E-state index in [1.165, 1.54) is 17.5 Å². The predicted octanol–water partition coefficient (Wildman–Crippen LogP) is 2.97. The zero-order chi connectivity index (χ0) is 20.4. The molecule has 1 N–H and O–H groups in total. The zero-order valence-corrected chi connectivity index (χ0v) is 16.4. The van der Waals surface area contributed by atoms with E-state index in [0.717, 1.165) is 16.5 Å². The quantitative estimate of drug-likeness (QED) is 0.674. The number of pyridine rings is 1. The van der Waals surface area contributed by atoms with E-state index in [2.05, 4.69) is 9.97 Å². The number of hydrogen-bond donors (Lipinski definition) is 1. The van der Waals surface area contributed by atoms with Gasteiger partial charge in [-0.15, -0.1) is 0 Å². The third-order valence-corrected chi connectivity index (χ3v) is 6.45. The minimum atomic E-state index is -3.28. The Morgan fingerprint density at radius 1 is 1.24 bits per heavy atom. The maximum Gasteiger partial charge on any atom is 0.223 e. The second-order valence-electron chi connectivity index (χ2n) is 7.11. The fraction of sp³-hybridized carbons (Fsp3) is 0.238. The summed E-state index contributed by atoms with van der Waals surface area (Å²) in [6, 6.07) is 7.64. The van der Waals surface area contributed by atoms with Crippen LogP contribution in [0.2, 0.25) is 0 Å². The highest BCUT2D eigenvalue weighted by molar-refractivity contribution is 7.94. The van der Waals surface area contributed by atoms with Crippen LogP contribution in [0.15, 0.2) is 60.4 Å². The Kier molecular flexibility index (Phi) is 5.19. The molecule has 1 aliphatic rings. The van der Waals surface area contributed by atoms with Crippen LogP contribution in [-0.4, -0.2) is 41.0 Å². The largest absolute Gasteiger partial charge is 0.361 e. The Bertz CT molecular complexity index is 1170. The molecule has 0 radical (unpaired) electrons. The number of carbonyl (C=O) groups is 1. The van der Waals surface area contributed by atoms with Gasteiger partial charge in [-0.2, -0.15) is 0 Å². The van der Waals surface area contributed by atoms with Crippen LogP contribution in [0.4, 0.5) is 4.39 Å². The Hall–Kier alpha value is -3.00. The lowest BCUT2D eigenvalue weighted by Gasteiger charge is -2.27.